The van der Waals surface area contributed by atoms with Gasteiger partial charge in [0.25, 0.3) is 0 Å². The van der Waals surface area contributed by atoms with Gasteiger partial charge in [-0.25, -0.2) is 0 Å². The first-order valence-electron chi connectivity index (χ1n) is 7.96. The van der Waals surface area contributed by atoms with Gasteiger partial charge in [-0.3, -0.25) is 0 Å². The van der Waals surface area contributed by atoms with E-state index < -0.39 is 0 Å². The summed E-state index contributed by atoms with van der Waals surface area (Å²) < 4.78 is 0. The van der Waals surface area contributed by atoms with Crippen molar-refractivity contribution in [3.63, 3.8) is 0 Å². The summed E-state index contributed by atoms with van der Waals surface area (Å²) in [7, 11) is 0. The molecule has 0 bridgehead atoms. The standard InChI is InChI=1S/C13H13.C9H12N.2ClH.Ti/c1-10-7-8-12(9-10)13-6-4-3-5-11(13)2;1-6-4-7(2)9(10)8(3)5-6;;;/h3-7,9H,2,8H2,1H3;4-5,10H,1-3H3;2*1H;/q2*-1;;;+2/p-2. The van der Waals surface area contributed by atoms with Crippen molar-refractivity contribution >= 4 is 11.3 Å². The Bertz CT molecular complexity index is 756. The average molecular weight is 422 g/mol. The molecule has 1 nitrogen and oxygen atoms in total. The molecule has 1 aliphatic rings. The normalized spacial score (nSPS) is 11.5. The Morgan fingerprint density at radius 2 is 1.46 bits per heavy atom. The van der Waals surface area contributed by atoms with Crippen molar-refractivity contribution < 1.29 is 46.5 Å². The Morgan fingerprint density at radius 3 is 1.92 bits per heavy atom. The van der Waals surface area contributed by atoms with Crippen LogP contribution in [0.3, 0.4) is 0 Å². The molecule has 0 aliphatic heterocycles. The zero-order valence-corrected chi connectivity index (χ0v) is 18.9. The van der Waals surface area contributed by atoms with Gasteiger partial charge in [0.15, 0.2) is 0 Å². The van der Waals surface area contributed by atoms with Gasteiger partial charge in [-0.15, -0.1) is 23.4 Å². The molecule has 0 fully saturated rings. The molecular weight excluding hydrogens is 397 g/mol. The number of halogens is 2. The third kappa shape index (κ3) is 7.25. The number of rotatable bonds is 1. The molecule has 138 valence electrons. The van der Waals surface area contributed by atoms with Crippen LogP contribution in [0.5, 0.6) is 0 Å². The van der Waals surface area contributed by atoms with Gasteiger partial charge in [-0.2, -0.15) is 18.6 Å². The molecule has 0 saturated carbocycles. The Balaban J connectivity index is 0. The summed E-state index contributed by atoms with van der Waals surface area (Å²) in [6.07, 6.45) is 5.55. The molecule has 3 rings (SSSR count). The van der Waals surface area contributed by atoms with Crippen molar-refractivity contribution in [2.24, 2.45) is 0 Å². The Morgan fingerprint density at radius 1 is 0.923 bits per heavy atom. The van der Waals surface area contributed by atoms with Crippen LogP contribution in [0.2, 0.25) is 0 Å². The molecule has 26 heavy (non-hydrogen) atoms. The van der Waals surface area contributed by atoms with Crippen LogP contribution in [-0.2, 0) is 21.7 Å². The van der Waals surface area contributed by atoms with E-state index in [1.54, 1.807) is 0 Å². The Hall–Kier alpha value is -1.12. The predicted octanol–water partition coefficient (Wildman–Crippen LogP) is 0.903. The second kappa shape index (κ2) is 12.3. The molecule has 0 heterocycles. The Labute approximate surface area is 185 Å². The molecule has 0 aromatic heterocycles. The van der Waals surface area contributed by atoms with Gasteiger partial charge < -0.3 is 30.5 Å². The van der Waals surface area contributed by atoms with E-state index in [9.17, 15) is 0 Å². The first-order valence-corrected chi connectivity index (χ1v) is 7.96. The van der Waals surface area contributed by atoms with Crippen molar-refractivity contribution in [2.45, 2.75) is 34.1 Å². The van der Waals surface area contributed by atoms with Crippen molar-refractivity contribution in [1.82, 2.24) is 0 Å². The summed E-state index contributed by atoms with van der Waals surface area (Å²) in [5, 5.41) is 0. The monoisotopic (exact) mass is 421 g/mol. The van der Waals surface area contributed by atoms with E-state index in [0.717, 1.165) is 23.1 Å². The van der Waals surface area contributed by atoms with Gasteiger partial charge in [-0.05, 0) is 34.1 Å². The van der Waals surface area contributed by atoms with E-state index >= 15 is 0 Å². The summed E-state index contributed by atoms with van der Waals surface area (Å²) in [5.74, 6) is 0. The van der Waals surface area contributed by atoms with E-state index in [4.69, 9.17) is 5.73 Å². The summed E-state index contributed by atoms with van der Waals surface area (Å²) in [5.41, 5.74) is 16.7. The maximum absolute atomic E-state index is 7.54. The quantitative estimate of drug-likeness (QED) is 0.482. The van der Waals surface area contributed by atoms with Crippen LogP contribution < -0.4 is 24.8 Å². The van der Waals surface area contributed by atoms with Gasteiger partial charge >= 0.3 is 21.7 Å². The van der Waals surface area contributed by atoms with Crippen molar-refractivity contribution in [2.75, 3.05) is 0 Å². The molecule has 0 amide bonds. The molecule has 0 unspecified atom stereocenters. The largest absolute Gasteiger partial charge is 2.00 e. The third-order valence-corrected chi connectivity index (χ3v) is 4.09. The Kier molecular flexibility index (Phi) is 12.8. The van der Waals surface area contributed by atoms with Crippen molar-refractivity contribution in [3.05, 3.63) is 94.6 Å². The molecule has 0 spiro atoms. The fraction of sp³-hybridized carbons (Fsp3) is 0.227. The van der Waals surface area contributed by atoms with E-state index in [1.165, 1.54) is 22.3 Å². The van der Waals surface area contributed by atoms with Crippen LogP contribution >= 0.6 is 0 Å². The number of hydrogen-bond donors (Lipinski definition) is 0. The fourth-order valence-corrected chi connectivity index (χ4v) is 2.86. The SMILES string of the molecule is Cc1cc(C)c([NH-])c(C)c1.[CH2-]c1ccccc1C1=CC(C)=CC1.[Cl-].[Cl-].[Ti+2]. The van der Waals surface area contributed by atoms with Crippen LogP contribution in [0.4, 0.5) is 5.69 Å². The van der Waals surface area contributed by atoms with Crippen LogP contribution in [0.1, 0.15) is 41.2 Å². The molecule has 0 saturated heterocycles. The van der Waals surface area contributed by atoms with Crippen LogP contribution in [0.25, 0.3) is 11.3 Å². The number of benzene rings is 2. The summed E-state index contributed by atoms with van der Waals surface area (Å²) >= 11 is 0. The van der Waals surface area contributed by atoms with Crippen LogP contribution in [0.15, 0.2) is 54.1 Å². The topological polar surface area (TPSA) is 23.8 Å². The smallest absolute Gasteiger partial charge is 1.00 e. The minimum Gasteiger partial charge on any atom is -1.00 e. The molecule has 2 aromatic rings. The molecule has 0 radical (unpaired) electrons. The molecular formula is C22H25Cl2NTi-2. The van der Waals surface area contributed by atoms with Gasteiger partial charge in [-0.1, -0.05) is 58.2 Å². The van der Waals surface area contributed by atoms with E-state index in [2.05, 4.69) is 51.1 Å². The third-order valence-electron chi connectivity index (χ3n) is 4.09. The number of allylic oxidation sites excluding steroid dienone is 4. The van der Waals surface area contributed by atoms with Gasteiger partial charge in [0.1, 0.15) is 0 Å². The van der Waals surface area contributed by atoms with E-state index in [-0.39, 0.29) is 46.5 Å². The second-order valence-electron chi connectivity index (χ2n) is 6.25. The summed E-state index contributed by atoms with van der Waals surface area (Å²) in [6.45, 7) is 12.2. The number of hydrogen-bond acceptors (Lipinski definition) is 0. The molecule has 0 atom stereocenters. The second-order valence-corrected chi connectivity index (χ2v) is 6.25. The molecule has 1 N–H and O–H groups in total. The molecule has 2 aromatic carbocycles. The average Bonchev–Trinajstić information content (AvgIpc) is 2.92. The van der Waals surface area contributed by atoms with Crippen LogP contribution in [-0.4, -0.2) is 0 Å². The van der Waals surface area contributed by atoms with Crippen molar-refractivity contribution in [1.29, 1.82) is 0 Å². The van der Waals surface area contributed by atoms with Gasteiger partial charge in [0.2, 0.25) is 0 Å². The van der Waals surface area contributed by atoms with Crippen molar-refractivity contribution in [3.8, 4) is 0 Å². The summed E-state index contributed by atoms with van der Waals surface area (Å²) in [4.78, 5) is 0. The van der Waals surface area contributed by atoms with E-state index in [0.29, 0.717) is 5.69 Å². The first-order chi connectivity index (χ1) is 10.9. The maximum atomic E-state index is 7.54. The number of aryl methyl sites for hydroxylation is 3. The molecule has 4 heteroatoms. The number of nitrogens with one attached hydrogen (secondary N) is 1. The maximum Gasteiger partial charge on any atom is 2.00 e. The van der Waals surface area contributed by atoms with Crippen LogP contribution in [0, 0.1) is 27.7 Å². The fourth-order valence-electron chi connectivity index (χ4n) is 2.86. The molecule has 1 aliphatic carbocycles. The zero-order chi connectivity index (χ0) is 17.0. The predicted molar refractivity (Wildman–Crippen MR) is 102 cm³/mol. The minimum absolute atomic E-state index is 0. The zero-order valence-electron chi connectivity index (χ0n) is 15.8. The first kappa shape index (κ1) is 27.1. The van der Waals surface area contributed by atoms with Gasteiger partial charge in [0, 0.05) is 0 Å². The van der Waals surface area contributed by atoms with E-state index in [1.807, 2.05) is 32.0 Å². The summed E-state index contributed by atoms with van der Waals surface area (Å²) in [6, 6.07) is 12.4. The minimum atomic E-state index is 0. The van der Waals surface area contributed by atoms with Gasteiger partial charge in [0.05, 0.1) is 0 Å².